The Morgan fingerprint density at radius 2 is 1.73 bits per heavy atom. The van der Waals surface area contributed by atoms with E-state index in [0.717, 1.165) is 28.6 Å². The number of anilines is 1. The summed E-state index contributed by atoms with van der Waals surface area (Å²) in [6.07, 6.45) is -4.24. The lowest BCUT2D eigenvalue weighted by molar-refractivity contribution is -0.123. The third-order valence-electron chi connectivity index (χ3n) is 4.67. The van der Waals surface area contributed by atoms with Crippen LogP contribution in [0.1, 0.15) is 15.9 Å². The van der Waals surface area contributed by atoms with E-state index in [2.05, 4.69) is 0 Å². The molecule has 7 nitrogen and oxygen atoms in total. The quantitative estimate of drug-likeness (QED) is 0.738. The molecule has 0 radical (unpaired) electrons. The Morgan fingerprint density at radius 3 is 2.33 bits per heavy atom. The number of nitrogens with two attached hydrogens (primary N) is 1. The molecule has 0 spiro atoms. The van der Waals surface area contributed by atoms with E-state index >= 15 is 0 Å². The Morgan fingerprint density at radius 1 is 1.10 bits per heavy atom. The summed E-state index contributed by atoms with van der Waals surface area (Å²) in [6, 6.07) is 11.2. The van der Waals surface area contributed by atoms with E-state index in [9.17, 15) is 31.2 Å². The summed E-state index contributed by atoms with van der Waals surface area (Å²) in [5.74, 6) is -2.31. The number of sulfonamides is 1. The number of rotatable bonds is 5. The maximum atomic E-state index is 13.2. The van der Waals surface area contributed by atoms with Crippen molar-refractivity contribution in [1.82, 2.24) is 5.32 Å². The molecule has 0 unspecified atom stereocenters. The van der Waals surface area contributed by atoms with Gasteiger partial charge in [0.2, 0.25) is 5.91 Å². The largest absolute Gasteiger partial charge is 0.405 e. The van der Waals surface area contributed by atoms with Gasteiger partial charge >= 0.3 is 6.18 Å². The van der Waals surface area contributed by atoms with Crippen LogP contribution in [0.2, 0.25) is 0 Å². The van der Waals surface area contributed by atoms with Crippen molar-refractivity contribution in [3.05, 3.63) is 59.7 Å². The Kier molecular flexibility index (Phi) is 5.75. The summed E-state index contributed by atoms with van der Waals surface area (Å²) in [5.41, 5.74) is 6.35. The minimum absolute atomic E-state index is 0.118. The van der Waals surface area contributed by atoms with Gasteiger partial charge in [0.15, 0.2) is 0 Å². The normalized spacial score (nSPS) is 16.6. The molecular weight excluding hydrogens is 423 g/mol. The van der Waals surface area contributed by atoms with Crippen LogP contribution in [0.3, 0.4) is 0 Å². The minimum atomic E-state index is -4.56. The molecule has 0 bridgehead atoms. The molecule has 0 saturated heterocycles. The zero-order valence-corrected chi connectivity index (χ0v) is 16.3. The van der Waals surface area contributed by atoms with Crippen molar-refractivity contribution in [2.45, 2.75) is 17.5 Å². The second-order valence-corrected chi connectivity index (χ2v) is 8.65. The summed E-state index contributed by atoms with van der Waals surface area (Å²) < 4.78 is 64.2. The van der Waals surface area contributed by atoms with Gasteiger partial charge in [-0.25, -0.2) is 8.42 Å². The number of nitrogens with zero attached hydrogens (tertiary/aromatic N) is 1. The maximum absolute atomic E-state index is 13.2. The number of carbonyl (C=O) groups is 2. The van der Waals surface area contributed by atoms with Gasteiger partial charge in [-0.1, -0.05) is 18.2 Å². The van der Waals surface area contributed by atoms with Crippen LogP contribution in [0.15, 0.2) is 53.4 Å². The lowest BCUT2D eigenvalue weighted by atomic mass is 9.93. The van der Waals surface area contributed by atoms with Crippen molar-refractivity contribution in [3.63, 3.8) is 0 Å². The molecule has 3 rings (SSSR count). The topological polar surface area (TPSA) is 110 Å². The molecule has 2 amide bonds. The van der Waals surface area contributed by atoms with Gasteiger partial charge in [-0.15, -0.1) is 0 Å². The minimum Gasteiger partial charge on any atom is -0.369 e. The SMILES string of the molecule is NC(=O)[C@H]1Cc2ccccc2N(S(=O)(=O)c2ccc(C(=O)NCC(F)(F)F)cc2)C1. The number of halogens is 3. The first-order valence-corrected chi connectivity index (χ1v) is 10.3. The first kappa shape index (κ1) is 21.6. The fraction of sp³-hybridized carbons (Fsp3) is 0.263. The number of benzene rings is 2. The van der Waals surface area contributed by atoms with Gasteiger partial charge in [-0.3, -0.25) is 13.9 Å². The van der Waals surface area contributed by atoms with Crippen LogP contribution in [0.25, 0.3) is 0 Å². The van der Waals surface area contributed by atoms with Crippen LogP contribution in [0.4, 0.5) is 18.9 Å². The molecule has 1 atom stereocenters. The molecule has 0 aliphatic carbocycles. The highest BCUT2D eigenvalue weighted by Crippen LogP contribution is 2.34. The molecule has 1 aliphatic rings. The maximum Gasteiger partial charge on any atom is 0.405 e. The molecule has 1 aliphatic heterocycles. The van der Waals surface area contributed by atoms with Crippen molar-refractivity contribution in [2.24, 2.45) is 11.7 Å². The molecule has 3 N–H and O–H groups in total. The van der Waals surface area contributed by atoms with Crippen molar-refractivity contribution < 1.29 is 31.2 Å². The number of hydrogen-bond donors (Lipinski definition) is 2. The average molecular weight is 441 g/mol. The van der Waals surface area contributed by atoms with Crippen LogP contribution in [-0.2, 0) is 21.2 Å². The van der Waals surface area contributed by atoms with Crippen molar-refractivity contribution >= 4 is 27.5 Å². The van der Waals surface area contributed by atoms with Crippen molar-refractivity contribution in [3.8, 4) is 0 Å². The number of alkyl halides is 3. The van der Waals surface area contributed by atoms with Gasteiger partial charge in [-0.2, -0.15) is 13.2 Å². The van der Waals surface area contributed by atoms with Gasteiger partial charge in [0.1, 0.15) is 6.54 Å². The lowest BCUT2D eigenvalue weighted by Gasteiger charge is -2.34. The monoisotopic (exact) mass is 441 g/mol. The van der Waals surface area contributed by atoms with Gasteiger partial charge in [0.05, 0.1) is 16.5 Å². The van der Waals surface area contributed by atoms with E-state index in [1.165, 1.54) is 0 Å². The van der Waals surface area contributed by atoms with Gasteiger partial charge < -0.3 is 11.1 Å². The zero-order chi connectivity index (χ0) is 22.1. The summed E-state index contributed by atoms with van der Waals surface area (Å²) in [7, 11) is -4.11. The van der Waals surface area contributed by atoms with Crippen LogP contribution >= 0.6 is 0 Å². The van der Waals surface area contributed by atoms with Gasteiger partial charge in [0.25, 0.3) is 15.9 Å². The van der Waals surface area contributed by atoms with Gasteiger partial charge in [-0.05, 0) is 42.3 Å². The van der Waals surface area contributed by atoms with E-state index in [0.29, 0.717) is 17.7 Å². The highest BCUT2D eigenvalue weighted by molar-refractivity contribution is 7.92. The fourth-order valence-electron chi connectivity index (χ4n) is 3.16. The Bertz CT molecular complexity index is 1070. The third kappa shape index (κ3) is 4.56. The van der Waals surface area contributed by atoms with Crippen molar-refractivity contribution in [2.75, 3.05) is 17.4 Å². The standard InChI is InChI=1S/C19H18F3N3O4S/c20-19(21,22)11-24-18(27)12-5-7-15(8-6-12)30(28,29)25-10-14(17(23)26)9-13-3-1-2-4-16(13)25/h1-8,14H,9-11H2,(H2,23,26)(H,24,27)/t14-/m0/s1. The van der Waals surface area contributed by atoms with E-state index in [4.69, 9.17) is 5.73 Å². The summed E-state index contributed by atoms with van der Waals surface area (Å²) in [5, 5.41) is 1.72. The molecule has 30 heavy (non-hydrogen) atoms. The smallest absolute Gasteiger partial charge is 0.369 e. The molecule has 160 valence electrons. The first-order valence-electron chi connectivity index (χ1n) is 8.84. The molecule has 1 heterocycles. The number of nitrogens with one attached hydrogen (secondary N) is 1. The molecule has 2 aromatic rings. The van der Waals surface area contributed by atoms with E-state index in [1.54, 1.807) is 29.6 Å². The number of para-hydroxylation sites is 1. The zero-order valence-electron chi connectivity index (χ0n) is 15.5. The van der Waals surface area contributed by atoms with E-state index in [1.807, 2.05) is 0 Å². The predicted molar refractivity (Wildman–Crippen MR) is 102 cm³/mol. The van der Waals surface area contributed by atoms with E-state index < -0.39 is 40.5 Å². The molecule has 0 fully saturated rings. The lowest BCUT2D eigenvalue weighted by Crippen LogP contribution is -2.44. The molecule has 0 saturated carbocycles. The molecule has 11 heteroatoms. The highest BCUT2D eigenvalue weighted by Gasteiger charge is 2.35. The van der Waals surface area contributed by atoms with Gasteiger partial charge in [0, 0.05) is 12.1 Å². The average Bonchev–Trinajstić information content (AvgIpc) is 2.70. The van der Waals surface area contributed by atoms with Crippen LogP contribution in [0.5, 0.6) is 0 Å². The number of fused-ring (bicyclic) bond motifs is 1. The first-order chi connectivity index (χ1) is 14.0. The summed E-state index contributed by atoms with van der Waals surface area (Å²) >= 11 is 0. The highest BCUT2D eigenvalue weighted by atomic mass is 32.2. The number of primary amides is 1. The van der Waals surface area contributed by atoms with E-state index in [-0.39, 0.29) is 17.0 Å². The Balaban J connectivity index is 1.88. The fourth-order valence-corrected chi connectivity index (χ4v) is 4.71. The summed E-state index contributed by atoms with van der Waals surface area (Å²) in [6.45, 7) is -1.63. The number of hydrogen-bond acceptors (Lipinski definition) is 4. The molecular formula is C19H18F3N3O4S. The molecule has 2 aromatic carbocycles. The van der Waals surface area contributed by atoms with Crippen LogP contribution in [0, 0.1) is 5.92 Å². The Labute approximate surface area is 170 Å². The van der Waals surface area contributed by atoms with Crippen LogP contribution in [-0.4, -0.2) is 39.5 Å². The third-order valence-corrected chi connectivity index (χ3v) is 6.46. The van der Waals surface area contributed by atoms with Crippen LogP contribution < -0.4 is 15.4 Å². The Hall–Kier alpha value is -3.08. The predicted octanol–water partition coefficient (Wildman–Crippen LogP) is 1.83. The summed E-state index contributed by atoms with van der Waals surface area (Å²) in [4.78, 5) is 23.3. The van der Waals surface area contributed by atoms with Crippen molar-refractivity contribution in [1.29, 1.82) is 0 Å². The number of carbonyl (C=O) groups excluding carboxylic acids is 2. The second kappa shape index (κ2) is 7.98. The number of amides is 2. The molecule has 0 aromatic heterocycles. The second-order valence-electron chi connectivity index (χ2n) is 6.79.